The van der Waals surface area contributed by atoms with E-state index >= 15 is 0 Å². The largest absolute Gasteiger partial charge is 0.477 e. The van der Waals surface area contributed by atoms with E-state index in [0.29, 0.717) is 10.6 Å². The van der Waals surface area contributed by atoms with E-state index in [1.165, 1.54) is 6.07 Å². The summed E-state index contributed by atoms with van der Waals surface area (Å²) in [5.41, 5.74) is 1.32. The van der Waals surface area contributed by atoms with E-state index in [4.69, 9.17) is 5.11 Å². The van der Waals surface area contributed by atoms with Crippen LogP contribution >= 0.6 is 27.3 Å². The number of aryl methyl sites for hydroxylation is 2. The molecule has 0 amide bonds. The molecule has 0 atom stereocenters. The molecule has 112 valence electrons. The predicted octanol–water partition coefficient (Wildman–Crippen LogP) is 3.63. The van der Waals surface area contributed by atoms with Crippen molar-refractivity contribution in [2.24, 2.45) is 0 Å². The summed E-state index contributed by atoms with van der Waals surface area (Å²) >= 11 is 4.24. The third-order valence-corrected chi connectivity index (χ3v) is 5.80. The van der Waals surface area contributed by atoms with Gasteiger partial charge in [-0.15, -0.1) is 11.3 Å². The zero-order chi connectivity index (χ0) is 15.8. The van der Waals surface area contributed by atoms with Crippen LogP contribution in [-0.2, 0) is 10.0 Å². The Morgan fingerprint density at radius 3 is 2.43 bits per heavy atom. The fourth-order valence-corrected chi connectivity index (χ4v) is 4.92. The molecule has 2 aromatic rings. The third-order valence-electron chi connectivity index (χ3n) is 2.67. The van der Waals surface area contributed by atoms with Crippen LogP contribution in [0.5, 0.6) is 0 Å². The zero-order valence-electron chi connectivity index (χ0n) is 11.2. The molecule has 0 fully saturated rings. The Bertz CT molecular complexity index is 791. The lowest BCUT2D eigenvalue weighted by molar-refractivity contribution is 0.0702. The lowest BCUT2D eigenvalue weighted by atomic mass is 10.2. The molecule has 0 bridgehead atoms. The quantitative estimate of drug-likeness (QED) is 0.835. The molecule has 1 heterocycles. The van der Waals surface area contributed by atoms with Crippen LogP contribution in [0.4, 0.5) is 5.69 Å². The number of anilines is 1. The highest BCUT2D eigenvalue weighted by Crippen LogP contribution is 2.28. The molecule has 0 saturated heterocycles. The molecule has 0 saturated carbocycles. The number of benzene rings is 1. The van der Waals surface area contributed by atoms with Gasteiger partial charge in [-0.25, -0.2) is 13.2 Å². The molecule has 0 unspecified atom stereocenters. The van der Waals surface area contributed by atoms with Gasteiger partial charge in [0.15, 0.2) is 0 Å². The highest BCUT2D eigenvalue weighted by atomic mass is 79.9. The first-order valence-corrected chi connectivity index (χ1v) is 8.92. The second-order valence-corrected chi connectivity index (χ2v) is 8.28. The summed E-state index contributed by atoms with van der Waals surface area (Å²) in [6, 6.07) is 6.37. The number of nitrogens with one attached hydrogen (secondary N) is 1. The molecule has 0 aliphatic carbocycles. The van der Waals surface area contributed by atoms with Gasteiger partial charge in [0.2, 0.25) is 0 Å². The maximum absolute atomic E-state index is 12.4. The molecule has 1 aromatic carbocycles. The molecule has 1 aromatic heterocycles. The van der Waals surface area contributed by atoms with E-state index in [2.05, 4.69) is 20.7 Å². The standard InChI is InChI=1S/C13H12BrNO4S2/c1-7-3-9(14)5-10(4-7)15-21(18,19)12-6-11(13(16)17)20-8(12)2/h3-6,15H,1-2H3,(H,16,17). The molecular formula is C13H12BrNO4S2. The van der Waals surface area contributed by atoms with Gasteiger partial charge >= 0.3 is 5.97 Å². The van der Waals surface area contributed by atoms with Gasteiger partial charge in [-0.1, -0.05) is 15.9 Å². The van der Waals surface area contributed by atoms with E-state index in [9.17, 15) is 13.2 Å². The summed E-state index contributed by atoms with van der Waals surface area (Å²) in [4.78, 5) is 11.4. The van der Waals surface area contributed by atoms with Crippen molar-refractivity contribution in [3.63, 3.8) is 0 Å². The minimum Gasteiger partial charge on any atom is -0.477 e. The Hall–Kier alpha value is -1.38. The number of hydrogen-bond acceptors (Lipinski definition) is 4. The van der Waals surface area contributed by atoms with Gasteiger partial charge in [0, 0.05) is 9.35 Å². The van der Waals surface area contributed by atoms with Crippen LogP contribution in [0, 0.1) is 13.8 Å². The minimum atomic E-state index is -3.81. The molecule has 8 heteroatoms. The SMILES string of the molecule is Cc1cc(Br)cc(NS(=O)(=O)c2cc(C(=O)O)sc2C)c1. The zero-order valence-corrected chi connectivity index (χ0v) is 14.4. The van der Waals surface area contributed by atoms with E-state index in [1.807, 2.05) is 13.0 Å². The number of hydrogen-bond donors (Lipinski definition) is 2. The average Bonchev–Trinajstić information content (AvgIpc) is 2.70. The van der Waals surface area contributed by atoms with E-state index < -0.39 is 16.0 Å². The van der Waals surface area contributed by atoms with Crippen molar-refractivity contribution in [1.82, 2.24) is 0 Å². The van der Waals surface area contributed by atoms with Crippen molar-refractivity contribution in [3.8, 4) is 0 Å². The number of thiophene rings is 1. The van der Waals surface area contributed by atoms with Gasteiger partial charge in [0.1, 0.15) is 9.77 Å². The summed E-state index contributed by atoms with van der Waals surface area (Å²) in [6.07, 6.45) is 0. The summed E-state index contributed by atoms with van der Waals surface area (Å²) in [5.74, 6) is -1.14. The fourth-order valence-electron chi connectivity index (χ4n) is 1.84. The number of aromatic carboxylic acids is 1. The summed E-state index contributed by atoms with van der Waals surface area (Å²) in [6.45, 7) is 3.43. The van der Waals surface area contributed by atoms with Crippen LogP contribution in [0.3, 0.4) is 0 Å². The van der Waals surface area contributed by atoms with E-state index in [-0.39, 0.29) is 9.77 Å². The third kappa shape index (κ3) is 3.63. The van der Waals surface area contributed by atoms with E-state index in [0.717, 1.165) is 21.4 Å². The van der Waals surface area contributed by atoms with Crippen molar-refractivity contribution in [2.75, 3.05) is 4.72 Å². The number of carboxylic acids is 1. The Morgan fingerprint density at radius 1 is 1.24 bits per heavy atom. The Morgan fingerprint density at radius 2 is 1.90 bits per heavy atom. The molecule has 5 nitrogen and oxygen atoms in total. The Labute approximate surface area is 134 Å². The smallest absolute Gasteiger partial charge is 0.345 e. The van der Waals surface area contributed by atoms with Crippen molar-refractivity contribution in [1.29, 1.82) is 0 Å². The monoisotopic (exact) mass is 389 g/mol. The lowest BCUT2D eigenvalue weighted by Crippen LogP contribution is -2.13. The number of halogens is 1. The van der Waals surface area contributed by atoms with Crippen LogP contribution in [0.15, 0.2) is 33.6 Å². The van der Waals surface area contributed by atoms with Gasteiger partial charge < -0.3 is 5.11 Å². The molecule has 2 N–H and O–H groups in total. The maximum Gasteiger partial charge on any atom is 0.345 e. The van der Waals surface area contributed by atoms with Crippen LogP contribution in [0.25, 0.3) is 0 Å². The van der Waals surface area contributed by atoms with Gasteiger partial charge in [0.05, 0.1) is 5.69 Å². The predicted molar refractivity (Wildman–Crippen MR) is 85.7 cm³/mol. The normalized spacial score (nSPS) is 11.4. The highest BCUT2D eigenvalue weighted by molar-refractivity contribution is 9.10. The van der Waals surface area contributed by atoms with Gasteiger partial charge in [0.25, 0.3) is 10.0 Å². The first-order chi connectivity index (χ1) is 9.69. The van der Waals surface area contributed by atoms with Crippen molar-refractivity contribution in [2.45, 2.75) is 18.7 Å². The van der Waals surface area contributed by atoms with Crippen LogP contribution in [0.1, 0.15) is 20.1 Å². The van der Waals surface area contributed by atoms with Crippen LogP contribution in [0.2, 0.25) is 0 Å². The maximum atomic E-state index is 12.4. The Kier molecular flexibility index (Phi) is 4.40. The fraction of sp³-hybridized carbons (Fsp3) is 0.154. The Balaban J connectivity index is 2.40. The number of sulfonamides is 1. The second-order valence-electron chi connectivity index (χ2n) is 4.46. The molecule has 2 rings (SSSR count). The molecule has 0 aliphatic heterocycles. The first kappa shape index (κ1) is 16.0. The van der Waals surface area contributed by atoms with Crippen LogP contribution < -0.4 is 4.72 Å². The second kappa shape index (κ2) is 5.78. The van der Waals surface area contributed by atoms with Gasteiger partial charge in [-0.05, 0) is 43.7 Å². The highest BCUT2D eigenvalue weighted by Gasteiger charge is 2.22. The van der Waals surface area contributed by atoms with Gasteiger partial charge in [-0.3, -0.25) is 4.72 Å². The number of carboxylic acid groups (broad SMARTS) is 1. The minimum absolute atomic E-state index is 0.00158. The molecule has 0 radical (unpaired) electrons. The number of rotatable bonds is 4. The first-order valence-electron chi connectivity index (χ1n) is 5.83. The van der Waals surface area contributed by atoms with Crippen molar-refractivity contribution >= 4 is 48.9 Å². The molecule has 0 aliphatic rings. The van der Waals surface area contributed by atoms with Crippen LogP contribution in [-0.4, -0.2) is 19.5 Å². The summed E-state index contributed by atoms with van der Waals surface area (Å²) in [5, 5.41) is 8.94. The average molecular weight is 390 g/mol. The molecular weight excluding hydrogens is 378 g/mol. The molecule has 0 spiro atoms. The van der Waals surface area contributed by atoms with Gasteiger partial charge in [-0.2, -0.15) is 0 Å². The van der Waals surface area contributed by atoms with Crippen molar-refractivity contribution < 1.29 is 18.3 Å². The molecule has 21 heavy (non-hydrogen) atoms. The lowest BCUT2D eigenvalue weighted by Gasteiger charge is -2.09. The summed E-state index contributed by atoms with van der Waals surface area (Å²) in [7, 11) is -3.81. The number of carbonyl (C=O) groups is 1. The topological polar surface area (TPSA) is 83.5 Å². The van der Waals surface area contributed by atoms with Crippen molar-refractivity contribution in [3.05, 3.63) is 44.1 Å². The van der Waals surface area contributed by atoms with E-state index in [1.54, 1.807) is 19.1 Å². The summed E-state index contributed by atoms with van der Waals surface area (Å²) < 4.78 is 28.0.